The Kier molecular flexibility index (Phi) is 3.50. The molecule has 0 amide bonds. The van der Waals surface area contributed by atoms with Crippen molar-refractivity contribution in [1.82, 2.24) is 20.2 Å². The molecule has 1 aromatic carbocycles. The predicted molar refractivity (Wildman–Crippen MR) is 77.9 cm³/mol. The lowest BCUT2D eigenvalue weighted by molar-refractivity contribution is 0.0240. The van der Waals surface area contributed by atoms with E-state index in [2.05, 4.69) is 22.4 Å². The van der Waals surface area contributed by atoms with Crippen molar-refractivity contribution in [2.75, 3.05) is 26.1 Å². The van der Waals surface area contributed by atoms with Crippen LogP contribution in [0.5, 0.6) is 5.75 Å². The molecular weight excluding hydrogens is 270 g/mol. The van der Waals surface area contributed by atoms with Gasteiger partial charge in [-0.15, -0.1) is 5.10 Å². The molecule has 1 fully saturated rings. The zero-order chi connectivity index (χ0) is 14.9. The van der Waals surface area contributed by atoms with Crippen LogP contribution in [-0.2, 0) is 10.3 Å². The summed E-state index contributed by atoms with van der Waals surface area (Å²) in [5.74, 6) is 1.37. The first-order valence-corrected chi connectivity index (χ1v) is 6.94. The van der Waals surface area contributed by atoms with Crippen molar-refractivity contribution in [3.05, 3.63) is 18.2 Å². The molecule has 21 heavy (non-hydrogen) atoms. The van der Waals surface area contributed by atoms with E-state index in [9.17, 15) is 0 Å². The fourth-order valence-corrected chi connectivity index (χ4v) is 2.64. The Labute approximate surface area is 123 Å². The summed E-state index contributed by atoms with van der Waals surface area (Å²) < 4.78 is 12.7. The number of aromatic nitrogens is 4. The van der Waals surface area contributed by atoms with E-state index in [0.29, 0.717) is 30.5 Å². The van der Waals surface area contributed by atoms with Gasteiger partial charge in [0.2, 0.25) is 0 Å². The summed E-state index contributed by atoms with van der Waals surface area (Å²) in [5, 5.41) is 12.2. The van der Waals surface area contributed by atoms with E-state index in [0.717, 1.165) is 18.4 Å². The first kappa shape index (κ1) is 13.8. The second-order valence-corrected chi connectivity index (χ2v) is 5.48. The topological polar surface area (TPSA) is 88.1 Å². The zero-order valence-electron chi connectivity index (χ0n) is 12.2. The molecule has 1 saturated heterocycles. The van der Waals surface area contributed by atoms with E-state index >= 15 is 0 Å². The van der Waals surface area contributed by atoms with Crippen LogP contribution in [0.4, 0.5) is 5.69 Å². The third-order valence-corrected chi connectivity index (χ3v) is 4.02. The summed E-state index contributed by atoms with van der Waals surface area (Å²) in [5.41, 5.74) is 7.19. The Morgan fingerprint density at radius 2 is 2.10 bits per heavy atom. The number of benzene rings is 1. The lowest BCUT2D eigenvalue weighted by Gasteiger charge is -2.33. The SMILES string of the molecule is COc1ccc(N)cc1-c1nnnn1C1(C)CCOCC1. The van der Waals surface area contributed by atoms with Crippen LogP contribution in [0.15, 0.2) is 18.2 Å². The summed E-state index contributed by atoms with van der Waals surface area (Å²) >= 11 is 0. The molecule has 7 nitrogen and oxygen atoms in total. The number of nitrogens with zero attached hydrogens (tertiary/aromatic N) is 4. The molecule has 2 N–H and O–H groups in total. The number of tetrazole rings is 1. The van der Waals surface area contributed by atoms with Crippen LogP contribution >= 0.6 is 0 Å². The van der Waals surface area contributed by atoms with Crippen LogP contribution < -0.4 is 10.5 Å². The van der Waals surface area contributed by atoms with Gasteiger partial charge in [-0.2, -0.15) is 0 Å². The molecule has 0 spiro atoms. The molecule has 2 aromatic rings. The molecule has 0 bridgehead atoms. The van der Waals surface area contributed by atoms with Gasteiger partial charge in [-0.3, -0.25) is 0 Å². The molecule has 0 radical (unpaired) electrons. The number of rotatable bonds is 3. The minimum Gasteiger partial charge on any atom is -0.496 e. The third-order valence-electron chi connectivity index (χ3n) is 4.02. The monoisotopic (exact) mass is 289 g/mol. The van der Waals surface area contributed by atoms with Gasteiger partial charge in [-0.05, 0) is 48.4 Å². The van der Waals surface area contributed by atoms with Crippen LogP contribution in [0.25, 0.3) is 11.4 Å². The Bertz CT molecular complexity index is 634. The van der Waals surface area contributed by atoms with Crippen LogP contribution in [0.2, 0.25) is 0 Å². The minimum absolute atomic E-state index is 0.160. The number of hydrogen-bond acceptors (Lipinski definition) is 6. The highest BCUT2D eigenvalue weighted by molar-refractivity contribution is 5.69. The van der Waals surface area contributed by atoms with Crippen LogP contribution in [0.3, 0.4) is 0 Å². The number of ether oxygens (including phenoxy) is 2. The van der Waals surface area contributed by atoms with Crippen LogP contribution in [0, 0.1) is 0 Å². The molecule has 1 aliphatic heterocycles. The smallest absolute Gasteiger partial charge is 0.186 e. The van der Waals surface area contributed by atoms with Gasteiger partial charge in [0.15, 0.2) is 5.82 Å². The van der Waals surface area contributed by atoms with Gasteiger partial charge in [-0.25, -0.2) is 4.68 Å². The molecule has 2 heterocycles. The molecule has 1 aromatic heterocycles. The van der Waals surface area contributed by atoms with E-state index in [4.69, 9.17) is 15.2 Å². The second kappa shape index (κ2) is 5.33. The molecule has 0 aliphatic carbocycles. The maximum atomic E-state index is 5.90. The summed E-state index contributed by atoms with van der Waals surface area (Å²) in [6.45, 7) is 3.57. The summed E-state index contributed by atoms with van der Waals surface area (Å²) in [6, 6.07) is 5.46. The van der Waals surface area contributed by atoms with E-state index in [1.54, 1.807) is 13.2 Å². The fourth-order valence-electron chi connectivity index (χ4n) is 2.64. The Hall–Kier alpha value is -2.15. The van der Waals surface area contributed by atoms with E-state index in [-0.39, 0.29) is 5.54 Å². The second-order valence-electron chi connectivity index (χ2n) is 5.48. The number of anilines is 1. The molecule has 0 saturated carbocycles. The molecule has 0 atom stereocenters. The Morgan fingerprint density at radius 1 is 1.33 bits per heavy atom. The molecule has 112 valence electrons. The van der Waals surface area contributed by atoms with Gasteiger partial charge in [0, 0.05) is 18.9 Å². The molecule has 3 rings (SSSR count). The maximum absolute atomic E-state index is 5.90. The van der Waals surface area contributed by atoms with Crippen molar-refractivity contribution in [1.29, 1.82) is 0 Å². The fraction of sp³-hybridized carbons (Fsp3) is 0.500. The van der Waals surface area contributed by atoms with Crippen molar-refractivity contribution in [2.24, 2.45) is 0 Å². The van der Waals surface area contributed by atoms with Gasteiger partial charge in [0.25, 0.3) is 0 Å². The van der Waals surface area contributed by atoms with Crippen molar-refractivity contribution in [3.63, 3.8) is 0 Å². The maximum Gasteiger partial charge on any atom is 0.186 e. The zero-order valence-corrected chi connectivity index (χ0v) is 12.2. The first-order valence-electron chi connectivity index (χ1n) is 6.94. The highest BCUT2D eigenvalue weighted by Gasteiger charge is 2.33. The standard InChI is InChI=1S/C14H19N5O2/c1-14(5-7-21-8-6-14)19-13(16-17-18-19)11-9-10(15)3-4-12(11)20-2/h3-4,9H,5-8,15H2,1-2H3. The predicted octanol–water partition coefficient (Wildman–Crippen LogP) is 1.46. The van der Waals surface area contributed by atoms with Gasteiger partial charge in [-0.1, -0.05) is 0 Å². The first-order chi connectivity index (χ1) is 10.1. The van der Waals surface area contributed by atoms with E-state index in [1.165, 1.54) is 0 Å². The van der Waals surface area contributed by atoms with Crippen LogP contribution in [0.1, 0.15) is 19.8 Å². The molecule has 7 heteroatoms. The van der Waals surface area contributed by atoms with Gasteiger partial charge in [0.1, 0.15) is 5.75 Å². The largest absolute Gasteiger partial charge is 0.496 e. The van der Waals surface area contributed by atoms with E-state index < -0.39 is 0 Å². The van der Waals surface area contributed by atoms with Gasteiger partial charge < -0.3 is 15.2 Å². The third kappa shape index (κ3) is 2.44. The minimum atomic E-state index is -0.160. The normalized spacial score (nSPS) is 17.6. The highest BCUT2D eigenvalue weighted by atomic mass is 16.5. The number of nitrogens with two attached hydrogens (primary N) is 1. The average Bonchev–Trinajstić information content (AvgIpc) is 2.98. The lowest BCUT2D eigenvalue weighted by Crippen LogP contribution is -2.38. The van der Waals surface area contributed by atoms with Crippen molar-refractivity contribution < 1.29 is 9.47 Å². The Balaban J connectivity index is 2.09. The summed E-state index contributed by atoms with van der Waals surface area (Å²) in [7, 11) is 1.62. The van der Waals surface area contributed by atoms with Crippen molar-refractivity contribution in [2.45, 2.75) is 25.3 Å². The number of hydrogen-bond donors (Lipinski definition) is 1. The van der Waals surface area contributed by atoms with Crippen LogP contribution in [-0.4, -0.2) is 40.5 Å². The number of nitrogen functional groups attached to an aromatic ring is 1. The van der Waals surface area contributed by atoms with Gasteiger partial charge >= 0.3 is 0 Å². The van der Waals surface area contributed by atoms with E-state index in [1.807, 2.05) is 16.8 Å². The van der Waals surface area contributed by atoms with Gasteiger partial charge in [0.05, 0.1) is 18.2 Å². The quantitative estimate of drug-likeness (QED) is 0.861. The lowest BCUT2D eigenvalue weighted by atomic mass is 9.92. The Morgan fingerprint density at radius 3 is 2.81 bits per heavy atom. The molecule has 1 aliphatic rings. The molecular formula is C14H19N5O2. The number of methoxy groups -OCH3 is 1. The highest BCUT2D eigenvalue weighted by Crippen LogP contribution is 2.35. The summed E-state index contributed by atoms with van der Waals surface area (Å²) in [4.78, 5) is 0. The average molecular weight is 289 g/mol. The molecule has 0 unspecified atom stereocenters. The van der Waals surface area contributed by atoms with Crippen molar-refractivity contribution in [3.8, 4) is 17.1 Å². The summed E-state index contributed by atoms with van der Waals surface area (Å²) in [6.07, 6.45) is 1.74. The van der Waals surface area contributed by atoms with Crippen molar-refractivity contribution >= 4 is 5.69 Å².